The van der Waals surface area contributed by atoms with Gasteiger partial charge in [-0.15, -0.1) is 0 Å². The van der Waals surface area contributed by atoms with Crippen molar-refractivity contribution in [2.75, 3.05) is 0 Å². The molecule has 2 heteroatoms. The number of aromatic nitrogens is 1. The average Bonchev–Trinajstić information content (AvgIpc) is 3.39. The van der Waals surface area contributed by atoms with Gasteiger partial charge in [0.05, 0.1) is 11.0 Å². The van der Waals surface area contributed by atoms with Crippen LogP contribution in [0.5, 0.6) is 0 Å². The summed E-state index contributed by atoms with van der Waals surface area (Å²) < 4.78 is 8.73. The van der Waals surface area contributed by atoms with Crippen molar-refractivity contribution < 1.29 is 4.42 Å². The molecule has 2 heterocycles. The van der Waals surface area contributed by atoms with Gasteiger partial charge in [0.25, 0.3) is 0 Å². The van der Waals surface area contributed by atoms with Crippen LogP contribution < -0.4 is 0 Å². The van der Waals surface area contributed by atoms with Gasteiger partial charge in [-0.2, -0.15) is 0 Å². The summed E-state index contributed by atoms with van der Waals surface area (Å²) in [6.07, 6.45) is 0. The molecular formula is C33H31NO. The van der Waals surface area contributed by atoms with Crippen molar-refractivity contribution in [2.45, 2.75) is 52.4 Å². The first-order chi connectivity index (χ1) is 16.6. The van der Waals surface area contributed by atoms with Crippen molar-refractivity contribution >= 4 is 43.7 Å². The molecule has 0 spiro atoms. The molecular weight excluding hydrogens is 426 g/mol. The molecule has 0 aliphatic heterocycles. The minimum Gasteiger partial charge on any atom is -0.456 e. The van der Waals surface area contributed by atoms with Gasteiger partial charge in [-0.25, -0.2) is 0 Å². The molecule has 0 amide bonds. The third kappa shape index (κ3) is 2.40. The lowest BCUT2D eigenvalue weighted by Crippen LogP contribution is -2.42. The molecule has 0 radical (unpaired) electrons. The number of furan rings is 1. The maximum Gasteiger partial charge on any atom is 0.137 e. The average molecular weight is 458 g/mol. The Labute approximate surface area is 206 Å². The summed E-state index contributed by atoms with van der Waals surface area (Å²) in [5, 5.41) is 4.95. The van der Waals surface area contributed by atoms with Crippen LogP contribution >= 0.6 is 0 Å². The van der Waals surface area contributed by atoms with Gasteiger partial charge in [0.15, 0.2) is 0 Å². The minimum atomic E-state index is 0.0573. The molecule has 4 aromatic carbocycles. The normalized spacial score (nSPS) is 18.1. The third-order valence-corrected chi connectivity index (χ3v) is 9.89. The van der Waals surface area contributed by atoms with Gasteiger partial charge in [-0.3, -0.25) is 0 Å². The van der Waals surface area contributed by atoms with Crippen LogP contribution in [0.15, 0.2) is 83.3 Å². The Morgan fingerprint density at radius 3 is 1.89 bits per heavy atom. The molecule has 0 saturated heterocycles. The van der Waals surface area contributed by atoms with Crippen LogP contribution in [-0.4, -0.2) is 4.57 Å². The number of fused-ring (bicyclic) bond motifs is 7. The molecule has 35 heavy (non-hydrogen) atoms. The quantitative estimate of drug-likeness (QED) is 0.240. The van der Waals surface area contributed by atoms with E-state index in [4.69, 9.17) is 4.42 Å². The number of nitrogens with zero attached hydrogens (tertiary/aromatic N) is 1. The van der Waals surface area contributed by atoms with E-state index in [1.54, 1.807) is 0 Å². The zero-order valence-corrected chi connectivity index (χ0v) is 21.4. The highest BCUT2D eigenvalue weighted by Gasteiger charge is 2.56. The maximum absolute atomic E-state index is 6.31. The first-order valence-electron chi connectivity index (χ1n) is 12.6. The van der Waals surface area contributed by atoms with Crippen LogP contribution in [0.2, 0.25) is 0 Å². The van der Waals surface area contributed by atoms with E-state index in [9.17, 15) is 0 Å². The van der Waals surface area contributed by atoms with E-state index in [1.165, 1.54) is 49.4 Å². The highest BCUT2D eigenvalue weighted by Crippen LogP contribution is 2.62. The van der Waals surface area contributed by atoms with Crippen molar-refractivity contribution in [2.24, 2.45) is 5.41 Å². The van der Waals surface area contributed by atoms with Gasteiger partial charge < -0.3 is 8.98 Å². The Morgan fingerprint density at radius 2 is 1.14 bits per heavy atom. The van der Waals surface area contributed by atoms with Gasteiger partial charge >= 0.3 is 0 Å². The second kappa shape index (κ2) is 6.37. The number of hydrogen-bond donors (Lipinski definition) is 0. The van der Waals surface area contributed by atoms with Crippen molar-refractivity contribution in [3.05, 3.63) is 90.0 Å². The zero-order chi connectivity index (χ0) is 24.3. The van der Waals surface area contributed by atoms with Crippen molar-refractivity contribution in [3.63, 3.8) is 0 Å². The molecule has 6 aromatic rings. The van der Waals surface area contributed by atoms with Gasteiger partial charge in [0.2, 0.25) is 0 Å². The first-order valence-corrected chi connectivity index (χ1v) is 12.6. The summed E-state index contributed by atoms with van der Waals surface area (Å²) in [6, 6.07) is 28.7. The predicted molar refractivity (Wildman–Crippen MR) is 148 cm³/mol. The van der Waals surface area contributed by atoms with E-state index < -0.39 is 0 Å². The van der Waals surface area contributed by atoms with Gasteiger partial charge in [-0.05, 0) is 63.8 Å². The van der Waals surface area contributed by atoms with Crippen LogP contribution in [0.1, 0.15) is 52.7 Å². The summed E-state index contributed by atoms with van der Waals surface area (Å²) in [6.45, 7) is 14.5. The molecule has 0 N–H and O–H groups in total. The smallest absolute Gasteiger partial charge is 0.137 e. The molecule has 1 aliphatic rings. The van der Waals surface area contributed by atoms with E-state index in [1.807, 2.05) is 6.07 Å². The minimum absolute atomic E-state index is 0.0573. The highest BCUT2D eigenvalue weighted by molar-refractivity contribution is 6.17. The van der Waals surface area contributed by atoms with E-state index >= 15 is 0 Å². The molecule has 0 unspecified atom stereocenters. The van der Waals surface area contributed by atoms with Crippen molar-refractivity contribution in [3.8, 4) is 5.69 Å². The fraction of sp³-hybridized carbons (Fsp3) is 0.273. The Bertz CT molecular complexity index is 1810. The first kappa shape index (κ1) is 20.8. The molecule has 7 rings (SSSR count). The van der Waals surface area contributed by atoms with Crippen molar-refractivity contribution in [1.29, 1.82) is 0 Å². The third-order valence-electron chi connectivity index (χ3n) is 9.89. The van der Waals surface area contributed by atoms with Gasteiger partial charge in [-0.1, -0.05) is 77.9 Å². The summed E-state index contributed by atoms with van der Waals surface area (Å²) in [7, 11) is 0. The van der Waals surface area contributed by atoms with Crippen LogP contribution in [0.4, 0.5) is 0 Å². The second-order valence-electron chi connectivity index (χ2n) is 11.9. The lowest BCUT2D eigenvalue weighted by molar-refractivity contribution is 0.125. The zero-order valence-electron chi connectivity index (χ0n) is 21.4. The fourth-order valence-corrected chi connectivity index (χ4v) is 6.62. The molecule has 0 saturated carbocycles. The second-order valence-corrected chi connectivity index (χ2v) is 11.9. The highest BCUT2D eigenvalue weighted by atomic mass is 16.3. The lowest BCUT2D eigenvalue weighted by atomic mass is 9.59. The largest absolute Gasteiger partial charge is 0.456 e. The van der Waals surface area contributed by atoms with Crippen LogP contribution in [0.25, 0.3) is 49.4 Å². The van der Waals surface area contributed by atoms with Crippen LogP contribution in [-0.2, 0) is 10.8 Å². The Hall–Kier alpha value is -3.52. The van der Waals surface area contributed by atoms with E-state index in [-0.39, 0.29) is 16.2 Å². The molecule has 2 aromatic heterocycles. The summed E-state index contributed by atoms with van der Waals surface area (Å²) >= 11 is 0. The summed E-state index contributed by atoms with van der Waals surface area (Å²) in [4.78, 5) is 0. The van der Waals surface area contributed by atoms with Gasteiger partial charge in [0.1, 0.15) is 11.2 Å². The molecule has 0 fully saturated rings. The SMILES string of the molecule is CC1(C)c2cc3c4cc5c(cc4n(-c4ccccc4)c3cc2C(C)(C)C1(C)C)oc1ccccc15. The topological polar surface area (TPSA) is 18.1 Å². The fourth-order valence-electron chi connectivity index (χ4n) is 6.62. The Balaban J connectivity index is 1.69. The molecule has 0 atom stereocenters. The number of rotatable bonds is 1. The van der Waals surface area contributed by atoms with Gasteiger partial charge in [0, 0.05) is 33.3 Å². The van der Waals surface area contributed by atoms with E-state index in [2.05, 4.69) is 119 Å². The van der Waals surface area contributed by atoms with Crippen LogP contribution in [0, 0.1) is 5.41 Å². The standard InChI is InChI=1S/C33H31NO/c1-31(2)25-17-23-22-16-24-21-14-10-11-15-29(21)35-30(24)19-28(22)34(20-12-8-7-9-13-20)27(23)18-26(25)32(3,4)33(31,5)6/h7-19H,1-6H3. The van der Waals surface area contributed by atoms with E-state index in [0.29, 0.717) is 0 Å². The lowest BCUT2D eigenvalue weighted by Gasteiger charge is -2.44. The van der Waals surface area contributed by atoms with Crippen molar-refractivity contribution in [1.82, 2.24) is 4.57 Å². The Morgan fingerprint density at radius 1 is 0.543 bits per heavy atom. The summed E-state index contributed by atoms with van der Waals surface area (Å²) in [5.74, 6) is 0. The molecule has 2 nitrogen and oxygen atoms in total. The Kier molecular flexibility index (Phi) is 3.79. The van der Waals surface area contributed by atoms with E-state index in [0.717, 1.165) is 11.2 Å². The molecule has 1 aliphatic carbocycles. The molecule has 174 valence electrons. The maximum atomic E-state index is 6.31. The summed E-state index contributed by atoms with van der Waals surface area (Å²) in [5.41, 5.74) is 8.71. The number of para-hydroxylation sites is 2. The molecule has 0 bridgehead atoms. The van der Waals surface area contributed by atoms with Crippen LogP contribution in [0.3, 0.4) is 0 Å². The predicted octanol–water partition coefficient (Wildman–Crippen LogP) is 9.28. The monoisotopic (exact) mass is 457 g/mol. The number of benzene rings is 4. The number of hydrogen-bond acceptors (Lipinski definition) is 1.